The first-order chi connectivity index (χ1) is 9.46. The number of aromatic nitrogens is 1. The second-order valence-electron chi connectivity index (χ2n) is 5.06. The number of pyridine rings is 1. The van der Waals surface area contributed by atoms with Crippen LogP contribution in [0.4, 0.5) is 13.2 Å². The Kier molecular flexibility index (Phi) is 4.86. The first kappa shape index (κ1) is 15.1. The van der Waals surface area contributed by atoms with Crippen LogP contribution in [-0.2, 0) is 6.42 Å². The number of hydrogen-bond acceptors (Lipinski definition) is 3. The zero-order chi connectivity index (χ0) is 14.6. The van der Waals surface area contributed by atoms with Gasteiger partial charge in [-0.1, -0.05) is 6.92 Å². The largest absolute Gasteiger partial charge is 0.474 e. The maximum absolute atomic E-state index is 12.3. The summed E-state index contributed by atoms with van der Waals surface area (Å²) in [7, 11) is 0. The number of halogens is 3. The van der Waals surface area contributed by atoms with E-state index in [2.05, 4.69) is 11.9 Å². The van der Waals surface area contributed by atoms with Gasteiger partial charge in [0.05, 0.1) is 6.54 Å². The van der Waals surface area contributed by atoms with Crippen LogP contribution in [0.15, 0.2) is 18.3 Å². The smallest absolute Gasteiger partial charge is 0.401 e. The van der Waals surface area contributed by atoms with Gasteiger partial charge in [-0.2, -0.15) is 13.2 Å². The lowest BCUT2D eigenvalue weighted by atomic mass is 10.1. The molecule has 0 spiro atoms. The number of likely N-dealkylation sites (tertiary alicyclic amines) is 1. The lowest BCUT2D eigenvalue weighted by Gasteiger charge is -2.32. The molecule has 1 aromatic rings. The number of aryl methyl sites for hydroxylation is 1. The number of nitrogens with zero attached hydrogens (tertiary/aromatic N) is 2. The van der Waals surface area contributed by atoms with Gasteiger partial charge in [0.15, 0.2) is 0 Å². The Hall–Kier alpha value is -1.30. The zero-order valence-corrected chi connectivity index (χ0v) is 11.5. The molecule has 3 nitrogen and oxygen atoms in total. The second-order valence-corrected chi connectivity index (χ2v) is 5.06. The standard InChI is InChI=1S/C14H19F3N2O/c1-2-11-3-6-18-13(9-11)20-12-4-7-19(8-5-12)10-14(15,16)17/h3,6,9,12H,2,4-5,7-8,10H2,1H3. The van der Waals surface area contributed by atoms with E-state index in [1.165, 1.54) is 4.90 Å². The highest BCUT2D eigenvalue weighted by atomic mass is 19.4. The number of rotatable bonds is 4. The molecular weight excluding hydrogens is 269 g/mol. The summed E-state index contributed by atoms with van der Waals surface area (Å²) in [4.78, 5) is 5.57. The fraction of sp³-hybridized carbons (Fsp3) is 0.643. The summed E-state index contributed by atoms with van der Waals surface area (Å²) in [6.07, 6.45) is -0.345. The van der Waals surface area contributed by atoms with Crippen molar-refractivity contribution in [3.8, 4) is 5.88 Å². The van der Waals surface area contributed by atoms with Crippen LogP contribution in [-0.4, -0.2) is 41.8 Å². The first-order valence-electron chi connectivity index (χ1n) is 6.87. The van der Waals surface area contributed by atoms with Crippen LogP contribution in [0.2, 0.25) is 0 Å². The number of ether oxygens (including phenoxy) is 1. The van der Waals surface area contributed by atoms with Crippen molar-refractivity contribution in [2.45, 2.75) is 38.5 Å². The summed E-state index contributed by atoms with van der Waals surface area (Å²) in [6.45, 7) is 2.05. The number of alkyl halides is 3. The Morgan fingerprint density at radius 1 is 1.35 bits per heavy atom. The van der Waals surface area contributed by atoms with Crippen LogP contribution < -0.4 is 4.74 Å². The van der Waals surface area contributed by atoms with E-state index < -0.39 is 12.7 Å². The number of piperidine rings is 1. The van der Waals surface area contributed by atoms with Crippen molar-refractivity contribution in [1.82, 2.24) is 9.88 Å². The average molecular weight is 288 g/mol. The van der Waals surface area contributed by atoms with Crippen molar-refractivity contribution in [3.05, 3.63) is 23.9 Å². The third-order valence-electron chi connectivity index (χ3n) is 3.43. The highest BCUT2D eigenvalue weighted by molar-refractivity contribution is 5.20. The van der Waals surface area contributed by atoms with Gasteiger partial charge in [0.2, 0.25) is 5.88 Å². The lowest BCUT2D eigenvalue weighted by molar-refractivity contribution is -0.149. The average Bonchev–Trinajstić information content (AvgIpc) is 2.40. The Balaban J connectivity index is 1.82. The molecule has 1 fully saturated rings. The molecule has 112 valence electrons. The van der Waals surface area contributed by atoms with Crippen LogP contribution in [0.1, 0.15) is 25.3 Å². The molecule has 2 rings (SSSR count). The van der Waals surface area contributed by atoms with Crippen LogP contribution in [0.5, 0.6) is 5.88 Å². The summed E-state index contributed by atoms with van der Waals surface area (Å²) in [5, 5.41) is 0. The third kappa shape index (κ3) is 4.67. The zero-order valence-electron chi connectivity index (χ0n) is 11.5. The van der Waals surface area contributed by atoms with Crippen LogP contribution >= 0.6 is 0 Å². The molecule has 2 heterocycles. The fourth-order valence-corrected chi connectivity index (χ4v) is 2.34. The van der Waals surface area contributed by atoms with Gasteiger partial charge in [0.1, 0.15) is 6.10 Å². The molecule has 0 saturated carbocycles. The summed E-state index contributed by atoms with van der Waals surface area (Å²) in [6, 6.07) is 3.82. The fourth-order valence-electron chi connectivity index (χ4n) is 2.34. The van der Waals surface area contributed by atoms with Gasteiger partial charge in [-0.25, -0.2) is 4.98 Å². The van der Waals surface area contributed by atoms with Crippen molar-refractivity contribution in [2.75, 3.05) is 19.6 Å². The minimum atomic E-state index is -4.12. The molecular formula is C14H19F3N2O. The van der Waals surface area contributed by atoms with Crippen LogP contribution in [0, 0.1) is 0 Å². The van der Waals surface area contributed by atoms with Crippen molar-refractivity contribution < 1.29 is 17.9 Å². The Morgan fingerprint density at radius 3 is 2.65 bits per heavy atom. The molecule has 0 radical (unpaired) electrons. The molecule has 0 aromatic carbocycles. The maximum atomic E-state index is 12.3. The van der Waals surface area contributed by atoms with Crippen molar-refractivity contribution in [2.24, 2.45) is 0 Å². The van der Waals surface area contributed by atoms with E-state index in [0.717, 1.165) is 12.0 Å². The Bertz CT molecular complexity index is 429. The normalized spacial score (nSPS) is 18.2. The molecule has 1 aromatic heterocycles. The minimum absolute atomic E-state index is 0.0425. The molecule has 20 heavy (non-hydrogen) atoms. The second kappa shape index (κ2) is 6.43. The molecule has 0 atom stereocenters. The van der Waals surface area contributed by atoms with Crippen LogP contribution in [0.25, 0.3) is 0 Å². The molecule has 0 N–H and O–H groups in total. The molecule has 0 unspecified atom stereocenters. The summed E-state index contributed by atoms with van der Waals surface area (Å²) < 4.78 is 42.6. The molecule has 1 saturated heterocycles. The highest BCUT2D eigenvalue weighted by Gasteiger charge is 2.32. The molecule has 1 aliphatic rings. The van der Waals surface area contributed by atoms with Gasteiger partial charge in [-0.05, 0) is 30.9 Å². The Labute approximate surface area is 116 Å². The maximum Gasteiger partial charge on any atom is 0.401 e. The molecule has 6 heteroatoms. The van der Waals surface area contributed by atoms with Gasteiger partial charge < -0.3 is 4.74 Å². The van der Waals surface area contributed by atoms with Gasteiger partial charge in [0.25, 0.3) is 0 Å². The third-order valence-corrected chi connectivity index (χ3v) is 3.43. The predicted molar refractivity (Wildman–Crippen MR) is 69.8 cm³/mol. The SMILES string of the molecule is CCc1ccnc(OC2CCN(CC(F)(F)F)CC2)c1. The van der Waals surface area contributed by atoms with E-state index in [1.54, 1.807) is 6.20 Å². The van der Waals surface area contributed by atoms with Gasteiger partial charge in [-0.15, -0.1) is 0 Å². The quantitative estimate of drug-likeness (QED) is 0.851. The monoisotopic (exact) mass is 288 g/mol. The Morgan fingerprint density at radius 2 is 2.05 bits per heavy atom. The van der Waals surface area contributed by atoms with Crippen molar-refractivity contribution >= 4 is 0 Å². The summed E-state index contributed by atoms with van der Waals surface area (Å²) in [5.41, 5.74) is 1.14. The van der Waals surface area contributed by atoms with E-state index in [-0.39, 0.29) is 6.10 Å². The number of hydrogen-bond donors (Lipinski definition) is 0. The summed E-state index contributed by atoms with van der Waals surface area (Å²) in [5.74, 6) is 0.568. The molecule has 0 bridgehead atoms. The van der Waals surface area contributed by atoms with Gasteiger partial charge in [0, 0.05) is 25.4 Å². The highest BCUT2D eigenvalue weighted by Crippen LogP contribution is 2.22. The molecule has 0 aliphatic carbocycles. The van der Waals surface area contributed by atoms with Gasteiger partial charge >= 0.3 is 6.18 Å². The van der Waals surface area contributed by atoms with Crippen molar-refractivity contribution in [3.63, 3.8) is 0 Å². The topological polar surface area (TPSA) is 25.4 Å². The molecule has 0 amide bonds. The van der Waals surface area contributed by atoms with Crippen molar-refractivity contribution in [1.29, 1.82) is 0 Å². The van der Waals surface area contributed by atoms with Gasteiger partial charge in [-0.3, -0.25) is 4.90 Å². The first-order valence-corrected chi connectivity index (χ1v) is 6.87. The van der Waals surface area contributed by atoms with Crippen LogP contribution in [0.3, 0.4) is 0 Å². The lowest BCUT2D eigenvalue weighted by Crippen LogP contribution is -2.42. The van der Waals surface area contributed by atoms with E-state index in [9.17, 15) is 13.2 Å². The van der Waals surface area contributed by atoms with E-state index in [1.807, 2.05) is 12.1 Å². The van der Waals surface area contributed by atoms with E-state index in [4.69, 9.17) is 4.74 Å². The molecule has 1 aliphatic heterocycles. The van der Waals surface area contributed by atoms with E-state index >= 15 is 0 Å². The minimum Gasteiger partial charge on any atom is -0.474 e. The van der Waals surface area contributed by atoms with E-state index in [0.29, 0.717) is 31.8 Å². The summed E-state index contributed by atoms with van der Waals surface area (Å²) >= 11 is 0. The predicted octanol–water partition coefficient (Wildman–Crippen LogP) is 3.05.